The van der Waals surface area contributed by atoms with Gasteiger partial charge in [0.1, 0.15) is 6.67 Å². The molecule has 1 unspecified atom stereocenters. The minimum atomic E-state index is -0.384. The van der Waals surface area contributed by atoms with Crippen LogP contribution in [0.5, 0.6) is 0 Å². The molecule has 1 aliphatic rings. The molecular formula is C12H17FN2. The molecule has 15 heavy (non-hydrogen) atoms. The van der Waals surface area contributed by atoms with Crippen LogP contribution in [0.2, 0.25) is 0 Å². The Morgan fingerprint density at radius 1 is 1.33 bits per heavy atom. The molecule has 1 aromatic rings. The molecule has 1 aromatic carbocycles. The van der Waals surface area contributed by atoms with Crippen LogP contribution in [0.25, 0.3) is 0 Å². The number of hydrogen-bond acceptors (Lipinski definition) is 2. The van der Waals surface area contributed by atoms with E-state index in [4.69, 9.17) is 0 Å². The lowest BCUT2D eigenvalue weighted by Gasteiger charge is -2.24. The minimum absolute atomic E-state index is 0.384. The summed E-state index contributed by atoms with van der Waals surface area (Å²) in [6.07, 6.45) is 2.43. The van der Waals surface area contributed by atoms with Crippen molar-refractivity contribution in [2.24, 2.45) is 0 Å². The van der Waals surface area contributed by atoms with E-state index >= 15 is 0 Å². The molecule has 0 aromatic heterocycles. The van der Waals surface area contributed by atoms with E-state index in [1.54, 1.807) is 0 Å². The van der Waals surface area contributed by atoms with Crippen LogP contribution in [0, 0.1) is 0 Å². The van der Waals surface area contributed by atoms with Gasteiger partial charge in [-0.15, -0.1) is 0 Å². The van der Waals surface area contributed by atoms with Gasteiger partial charge in [0, 0.05) is 18.3 Å². The minimum Gasteiger partial charge on any atom is -0.381 e. The van der Waals surface area contributed by atoms with Gasteiger partial charge in [-0.3, -0.25) is 0 Å². The Labute approximate surface area is 89.9 Å². The van der Waals surface area contributed by atoms with Crippen LogP contribution in [0.1, 0.15) is 18.4 Å². The summed E-state index contributed by atoms with van der Waals surface area (Å²) in [6, 6.07) is 8.07. The highest BCUT2D eigenvalue weighted by molar-refractivity contribution is 5.45. The fourth-order valence-corrected chi connectivity index (χ4v) is 1.90. The number of anilines is 1. The molecule has 2 nitrogen and oxygen atoms in total. The maximum Gasteiger partial charge on any atom is 0.115 e. The van der Waals surface area contributed by atoms with Crippen molar-refractivity contribution in [1.82, 2.24) is 5.32 Å². The third-order valence-electron chi connectivity index (χ3n) is 2.78. The summed E-state index contributed by atoms with van der Waals surface area (Å²) < 4.78 is 12.3. The zero-order valence-electron chi connectivity index (χ0n) is 8.80. The highest BCUT2D eigenvalue weighted by atomic mass is 19.1. The SMILES string of the molecule is FCc1ccc(NC2CCCNC2)cc1. The summed E-state index contributed by atoms with van der Waals surface area (Å²) in [5.41, 5.74) is 1.82. The number of rotatable bonds is 3. The van der Waals surface area contributed by atoms with E-state index in [9.17, 15) is 4.39 Å². The Balaban J connectivity index is 1.91. The Morgan fingerprint density at radius 2 is 2.13 bits per heavy atom. The summed E-state index contributed by atoms with van der Waals surface area (Å²) in [5, 5.41) is 6.80. The van der Waals surface area contributed by atoms with E-state index in [0.29, 0.717) is 6.04 Å². The third-order valence-corrected chi connectivity index (χ3v) is 2.78. The zero-order valence-corrected chi connectivity index (χ0v) is 8.80. The first kappa shape index (κ1) is 10.4. The quantitative estimate of drug-likeness (QED) is 0.796. The van der Waals surface area contributed by atoms with E-state index in [1.165, 1.54) is 12.8 Å². The third kappa shape index (κ3) is 2.93. The van der Waals surface area contributed by atoms with Gasteiger partial charge in [0.15, 0.2) is 0 Å². The molecule has 1 saturated heterocycles. The van der Waals surface area contributed by atoms with E-state index in [0.717, 1.165) is 24.3 Å². The van der Waals surface area contributed by atoms with Gasteiger partial charge in [-0.05, 0) is 37.1 Å². The molecule has 0 spiro atoms. The van der Waals surface area contributed by atoms with Crippen LogP contribution < -0.4 is 10.6 Å². The Kier molecular flexibility index (Phi) is 3.56. The standard InChI is InChI=1S/C12H17FN2/c13-8-10-3-5-11(6-4-10)15-12-2-1-7-14-9-12/h3-6,12,14-15H,1-2,7-9H2. The van der Waals surface area contributed by atoms with Gasteiger partial charge in [0.05, 0.1) is 0 Å². The summed E-state index contributed by atoms with van der Waals surface area (Å²) in [5.74, 6) is 0. The first-order chi connectivity index (χ1) is 7.38. The number of halogens is 1. The normalized spacial score (nSPS) is 21.3. The highest BCUT2D eigenvalue weighted by Gasteiger charge is 2.11. The molecule has 0 radical (unpaired) electrons. The van der Waals surface area contributed by atoms with Crippen molar-refractivity contribution in [2.75, 3.05) is 18.4 Å². The molecule has 1 atom stereocenters. The maximum absolute atomic E-state index is 12.3. The van der Waals surface area contributed by atoms with Crippen molar-refractivity contribution in [3.8, 4) is 0 Å². The van der Waals surface area contributed by atoms with E-state index < -0.39 is 0 Å². The fraction of sp³-hybridized carbons (Fsp3) is 0.500. The predicted molar refractivity (Wildman–Crippen MR) is 60.8 cm³/mol. The summed E-state index contributed by atoms with van der Waals surface area (Å²) in [6.45, 7) is 1.76. The first-order valence-electron chi connectivity index (χ1n) is 5.50. The second-order valence-electron chi connectivity index (χ2n) is 4.02. The molecule has 0 saturated carbocycles. The van der Waals surface area contributed by atoms with Crippen molar-refractivity contribution >= 4 is 5.69 Å². The molecule has 0 amide bonds. The molecular weight excluding hydrogens is 191 g/mol. The van der Waals surface area contributed by atoms with Crippen molar-refractivity contribution in [2.45, 2.75) is 25.6 Å². The Hall–Kier alpha value is -1.09. The largest absolute Gasteiger partial charge is 0.381 e. The summed E-state index contributed by atoms with van der Waals surface area (Å²) in [4.78, 5) is 0. The van der Waals surface area contributed by atoms with Gasteiger partial charge in [-0.1, -0.05) is 12.1 Å². The van der Waals surface area contributed by atoms with Crippen LogP contribution in [-0.4, -0.2) is 19.1 Å². The highest BCUT2D eigenvalue weighted by Crippen LogP contribution is 2.14. The Bertz CT molecular complexity index is 291. The lowest BCUT2D eigenvalue weighted by atomic mass is 10.1. The van der Waals surface area contributed by atoms with E-state index in [2.05, 4.69) is 10.6 Å². The van der Waals surface area contributed by atoms with Gasteiger partial charge in [0.2, 0.25) is 0 Å². The summed E-state index contributed by atoms with van der Waals surface area (Å²) >= 11 is 0. The van der Waals surface area contributed by atoms with Gasteiger partial charge < -0.3 is 10.6 Å². The number of hydrogen-bond donors (Lipinski definition) is 2. The van der Waals surface area contributed by atoms with Crippen LogP contribution in [-0.2, 0) is 6.67 Å². The van der Waals surface area contributed by atoms with Gasteiger partial charge in [-0.25, -0.2) is 4.39 Å². The number of alkyl halides is 1. The molecule has 0 bridgehead atoms. The maximum atomic E-state index is 12.3. The number of benzene rings is 1. The Morgan fingerprint density at radius 3 is 2.73 bits per heavy atom. The number of piperidine rings is 1. The van der Waals surface area contributed by atoms with Crippen molar-refractivity contribution < 1.29 is 4.39 Å². The number of nitrogens with one attached hydrogen (secondary N) is 2. The van der Waals surface area contributed by atoms with Gasteiger partial charge in [0.25, 0.3) is 0 Å². The molecule has 1 heterocycles. The van der Waals surface area contributed by atoms with Crippen LogP contribution in [0.15, 0.2) is 24.3 Å². The second kappa shape index (κ2) is 5.12. The van der Waals surface area contributed by atoms with Gasteiger partial charge in [-0.2, -0.15) is 0 Å². The zero-order chi connectivity index (χ0) is 10.5. The average molecular weight is 208 g/mol. The predicted octanol–water partition coefficient (Wildman–Crippen LogP) is 2.32. The second-order valence-corrected chi connectivity index (χ2v) is 4.02. The smallest absolute Gasteiger partial charge is 0.115 e. The van der Waals surface area contributed by atoms with E-state index in [-0.39, 0.29) is 6.67 Å². The lowest BCUT2D eigenvalue weighted by molar-refractivity contribution is 0.479. The van der Waals surface area contributed by atoms with Crippen molar-refractivity contribution in [3.05, 3.63) is 29.8 Å². The monoisotopic (exact) mass is 208 g/mol. The topological polar surface area (TPSA) is 24.1 Å². The van der Waals surface area contributed by atoms with E-state index in [1.807, 2.05) is 24.3 Å². The molecule has 2 rings (SSSR count). The average Bonchev–Trinajstić information content (AvgIpc) is 2.31. The van der Waals surface area contributed by atoms with Crippen molar-refractivity contribution in [3.63, 3.8) is 0 Å². The summed E-state index contributed by atoms with van der Waals surface area (Å²) in [7, 11) is 0. The molecule has 2 N–H and O–H groups in total. The lowest BCUT2D eigenvalue weighted by Crippen LogP contribution is -2.38. The fourth-order valence-electron chi connectivity index (χ4n) is 1.90. The molecule has 0 aliphatic carbocycles. The molecule has 3 heteroatoms. The van der Waals surface area contributed by atoms with Crippen LogP contribution in [0.3, 0.4) is 0 Å². The molecule has 1 aliphatic heterocycles. The van der Waals surface area contributed by atoms with Gasteiger partial charge >= 0.3 is 0 Å². The van der Waals surface area contributed by atoms with Crippen molar-refractivity contribution in [1.29, 1.82) is 0 Å². The van der Waals surface area contributed by atoms with Crippen LogP contribution in [0.4, 0.5) is 10.1 Å². The first-order valence-corrected chi connectivity index (χ1v) is 5.50. The van der Waals surface area contributed by atoms with Crippen LogP contribution >= 0.6 is 0 Å². The molecule has 82 valence electrons. The molecule has 1 fully saturated rings.